The second kappa shape index (κ2) is 8.28. The van der Waals surface area contributed by atoms with Gasteiger partial charge in [0.1, 0.15) is 24.0 Å². The van der Waals surface area contributed by atoms with Crippen molar-refractivity contribution in [2.24, 2.45) is 0 Å². The average molecular weight is 392 g/mol. The molecule has 10 heteroatoms. The molecule has 0 radical (unpaired) electrons. The molecule has 0 atom stereocenters. The summed E-state index contributed by atoms with van der Waals surface area (Å²) in [6.45, 7) is 1.45. The first-order chi connectivity index (χ1) is 12.5. The molecule has 0 saturated carbocycles. The number of benzene rings is 1. The number of alkyl halides is 1. The smallest absolute Gasteiger partial charge is 0.225 e. The SMILES string of the molecule is Cc1ccc(-c2nc(CSc3nc(N)nc(N)n3)cs2)cc1OCCF. The molecular weight excluding hydrogens is 375 g/mol. The molecule has 0 saturated heterocycles. The summed E-state index contributed by atoms with van der Waals surface area (Å²) in [6.07, 6.45) is 0. The summed E-state index contributed by atoms with van der Waals surface area (Å²) in [5.74, 6) is 1.44. The molecule has 7 nitrogen and oxygen atoms in total. The number of halogens is 1. The van der Waals surface area contributed by atoms with Crippen molar-refractivity contribution in [2.45, 2.75) is 17.8 Å². The van der Waals surface area contributed by atoms with Crippen LogP contribution in [0.5, 0.6) is 5.75 Å². The number of hydrogen-bond donors (Lipinski definition) is 2. The third kappa shape index (κ3) is 4.58. The molecule has 1 aromatic carbocycles. The summed E-state index contributed by atoms with van der Waals surface area (Å²) in [4.78, 5) is 16.4. The van der Waals surface area contributed by atoms with Crippen LogP contribution in [0, 0.1) is 6.92 Å². The Morgan fingerprint density at radius 3 is 2.65 bits per heavy atom. The van der Waals surface area contributed by atoms with Crippen LogP contribution in [0.1, 0.15) is 11.3 Å². The minimum Gasteiger partial charge on any atom is -0.491 e. The highest BCUT2D eigenvalue weighted by atomic mass is 32.2. The Morgan fingerprint density at radius 1 is 1.15 bits per heavy atom. The van der Waals surface area contributed by atoms with Crippen molar-refractivity contribution in [3.8, 4) is 16.3 Å². The molecule has 4 N–H and O–H groups in total. The van der Waals surface area contributed by atoms with Gasteiger partial charge < -0.3 is 16.2 Å². The molecule has 3 rings (SSSR count). The van der Waals surface area contributed by atoms with Crippen molar-refractivity contribution in [2.75, 3.05) is 24.7 Å². The molecule has 136 valence electrons. The minimum absolute atomic E-state index is 0.0439. The van der Waals surface area contributed by atoms with Crippen LogP contribution in [-0.2, 0) is 5.75 Å². The van der Waals surface area contributed by atoms with Gasteiger partial charge in [-0.1, -0.05) is 23.9 Å². The van der Waals surface area contributed by atoms with Gasteiger partial charge >= 0.3 is 0 Å². The molecule has 26 heavy (non-hydrogen) atoms. The van der Waals surface area contributed by atoms with Gasteiger partial charge in [-0.05, 0) is 18.6 Å². The van der Waals surface area contributed by atoms with E-state index in [1.807, 2.05) is 30.5 Å². The number of rotatable bonds is 7. The van der Waals surface area contributed by atoms with Crippen LogP contribution < -0.4 is 16.2 Å². The van der Waals surface area contributed by atoms with Crippen molar-refractivity contribution in [3.63, 3.8) is 0 Å². The predicted molar refractivity (Wildman–Crippen MR) is 102 cm³/mol. The fourth-order valence-corrected chi connectivity index (χ4v) is 3.80. The molecular formula is C16H17FN6OS2. The fraction of sp³-hybridized carbons (Fsp3) is 0.250. The van der Waals surface area contributed by atoms with E-state index < -0.39 is 6.67 Å². The van der Waals surface area contributed by atoms with Crippen LogP contribution in [0.2, 0.25) is 0 Å². The number of nitrogens with two attached hydrogens (primary N) is 2. The molecule has 0 bridgehead atoms. The van der Waals surface area contributed by atoms with E-state index in [4.69, 9.17) is 16.2 Å². The number of aryl methyl sites for hydroxylation is 1. The highest BCUT2D eigenvalue weighted by molar-refractivity contribution is 7.98. The van der Waals surface area contributed by atoms with E-state index in [-0.39, 0.29) is 18.5 Å². The van der Waals surface area contributed by atoms with Crippen molar-refractivity contribution < 1.29 is 9.13 Å². The second-order valence-corrected chi connectivity index (χ2v) is 7.09. The predicted octanol–water partition coefficient (Wildman–Crippen LogP) is 3.11. The number of nitrogens with zero attached hydrogens (tertiary/aromatic N) is 4. The summed E-state index contributed by atoms with van der Waals surface area (Å²) in [7, 11) is 0. The Morgan fingerprint density at radius 2 is 1.92 bits per heavy atom. The fourth-order valence-electron chi connectivity index (χ4n) is 2.13. The topological polar surface area (TPSA) is 113 Å². The van der Waals surface area contributed by atoms with E-state index in [0.717, 1.165) is 21.8 Å². The van der Waals surface area contributed by atoms with Crippen LogP contribution in [0.4, 0.5) is 16.3 Å². The monoisotopic (exact) mass is 392 g/mol. The van der Waals surface area contributed by atoms with Crippen molar-refractivity contribution >= 4 is 35.0 Å². The van der Waals surface area contributed by atoms with Gasteiger partial charge in [-0.3, -0.25) is 0 Å². The van der Waals surface area contributed by atoms with E-state index in [1.54, 1.807) is 0 Å². The lowest BCUT2D eigenvalue weighted by Crippen LogP contribution is -2.03. The Balaban J connectivity index is 1.71. The standard InChI is InChI=1S/C16H17FN6OS2/c1-9-2-3-10(6-12(9)24-5-4-17)13-20-11(7-25-13)8-26-16-22-14(18)21-15(19)23-16/h2-3,6-7H,4-5,8H2,1H3,(H4,18,19,21,22,23). The first-order valence-corrected chi connectivity index (χ1v) is 9.55. The normalized spacial score (nSPS) is 10.8. The van der Waals surface area contributed by atoms with Gasteiger partial charge in [0.15, 0.2) is 5.16 Å². The first-order valence-electron chi connectivity index (χ1n) is 7.69. The van der Waals surface area contributed by atoms with E-state index in [9.17, 15) is 4.39 Å². The number of thioether (sulfide) groups is 1. The second-order valence-electron chi connectivity index (χ2n) is 5.28. The largest absolute Gasteiger partial charge is 0.491 e. The van der Waals surface area contributed by atoms with Crippen LogP contribution in [0.3, 0.4) is 0 Å². The van der Waals surface area contributed by atoms with Crippen LogP contribution >= 0.6 is 23.1 Å². The van der Waals surface area contributed by atoms with E-state index >= 15 is 0 Å². The third-order valence-corrected chi connectivity index (χ3v) is 5.14. The Hall–Kier alpha value is -2.46. The molecule has 0 aliphatic carbocycles. The lowest BCUT2D eigenvalue weighted by atomic mass is 10.1. The Bertz CT molecular complexity index is 884. The third-order valence-electron chi connectivity index (χ3n) is 3.32. The molecule has 0 aliphatic rings. The van der Waals surface area contributed by atoms with Crippen molar-refractivity contribution in [1.82, 2.24) is 19.9 Å². The van der Waals surface area contributed by atoms with Gasteiger partial charge in [0.05, 0.1) is 5.69 Å². The quantitative estimate of drug-likeness (QED) is 0.590. The number of hydrogen-bond acceptors (Lipinski definition) is 9. The Kier molecular flexibility index (Phi) is 5.84. The molecule has 0 amide bonds. The lowest BCUT2D eigenvalue weighted by Gasteiger charge is -2.08. The van der Waals surface area contributed by atoms with Gasteiger partial charge in [0.2, 0.25) is 11.9 Å². The number of thiazole rings is 1. The van der Waals surface area contributed by atoms with Crippen molar-refractivity contribution in [3.05, 3.63) is 34.8 Å². The molecule has 0 fully saturated rings. The van der Waals surface area contributed by atoms with Gasteiger partial charge in [-0.25, -0.2) is 9.37 Å². The minimum atomic E-state index is -0.519. The molecule has 0 aliphatic heterocycles. The van der Waals surface area contributed by atoms with Crippen LogP contribution in [-0.4, -0.2) is 33.2 Å². The summed E-state index contributed by atoms with van der Waals surface area (Å²) in [5.41, 5.74) is 13.9. The van der Waals surface area contributed by atoms with Gasteiger partial charge in [-0.2, -0.15) is 15.0 Å². The molecule has 2 aromatic heterocycles. The molecule has 3 aromatic rings. The highest BCUT2D eigenvalue weighted by Crippen LogP contribution is 2.30. The summed E-state index contributed by atoms with van der Waals surface area (Å²) >= 11 is 2.91. The summed E-state index contributed by atoms with van der Waals surface area (Å²) < 4.78 is 17.8. The molecule has 0 unspecified atom stereocenters. The van der Waals surface area contributed by atoms with E-state index in [0.29, 0.717) is 16.7 Å². The van der Waals surface area contributed by atoms with Crippen LogP contribution in [0.25, 0.3) is 10.6 Å². The number of anilines is 2. The van der Waals surface area contributed by atoms with E-state index in [1.165, 1.54) is 23.1 Å². The number of nitrogen functional groups attached to an aromatic ring is 2. The highest BCUT2D eigenvalue weighted by Gasteiger charge is 2.10. The van der Waals surface area contributed by atoms with Gasteiger partial charge in [0, 0.05) is 16.7 Å². The zero-order valence-corrected chi connectivity index (χ0v) is 15.6. The van der Waals surface area contributed by atoms with Gasteiger partial charge in [0.25, 0.3) is 0 Å². The summed E-state index contributed by atoms with van der Waals surface area (Å²) in [5, 5.41) is 3.29. The zero-order valence-electron chi connectivity index (χ0n) is 14.0. The zero-order chi connectivity index (χ0) is 18.5. The maximum absolute atomic E-state index is 12.3. The molecule has 2 heterocycles. The average Bonchev–Trinajstić information content (AvgIpc) is 3.07. The maximum Gasteiger partial charge on any atom is 0.225 e. The summed E-state index contributed by atoms with van der Waals surface area (Å²) in [6, 6.07) is 5.80. The number of ether oxygens (including phenoxy) is 1. The van der Waals surface area contributed by atoms with Crippen molar-refractivity contribution in [1.29, 1.82) is 0 Å². The molecule has 0 spiro atoms. The number of aromatic nitrogens is 4. The lowest BCUT2D eigenvalue weighted by molar-refractivity contribution is 0.272. The first kappa shape index (κ1) is 18.3. The van der Waals surface area contributed by atoms with E-state index in [2.05, 4.69) is 19.9 Å². The van der Waals surface area contributed by atoms with Gasteiger partial charge in [-0.15, -0.1) is 11.3 Å². The maximum atomic E-state index is 12.3. The van der Waals surface area contributed by atoms with Crippen LogP contribution in [0.15, 0.2) is 28.7 Å². The Labute approximate surface area is 158 Å².